The summed E-state index contributed by atoms with van der Waals surface area (Å²) in [5, 5.41) is 6.28. The Morgan fingerprint density at radius 1 is 0.731 bits per heavy atom. The molecule has 0 aliphatic heterocycles. The average Bonchev–Trinajstić information content (AvgIpc) is 3.57. The number of pyridine rings is 2. The number of thiophene rings is 1. The molecule has 1 aliphatic rings. The Hall–Kier alpha value is -4.25. The smallest absolute Gasteiger partial charge is 0.0795 e. The third kappa shape index (κ3) is 7.75. The number of nitrogens with zero attached hydrogens (tertiary/aromatic N) is 2. The van der Waals surface area contributed by atoms with E-state index in [1.165, 1.54) is 48.3 Å². The Morgan fingerprint density at radius 3 is 2.33 bits per heavy atom. The second-order valence-electron chi connectivity index (χ2n) is 14.5. The predicted octanol–water partition coefficient (Wildman–Crippen LogP) is 12.9. The predicted molar refractivity (Wildman–Crippen MR) is 222 cm³/mol. The molecule has 5 aromatic carbocycles. The minimum Gasteiger partial charge on any atom is -0.305 e. The molecule has 1 aliphatic carbocycles. The monoisotopic (exact) mass is 888 g/mol. The van der Waals surface area contributed by atoms with E-state index in [2.05, 4.69) is 140 Å². The Labute approximate surface area is 327 Å². The van der Waals surface area contributed by atoms with Gasteiger partial charge in [-0.3, -0.25) is 4.98 Å². The molecule has 3 heterocycles. The fraction of sp³-hybridized carbons (Fsp3) is 0.191. The quantitative estimate of drug-likeness (QED) is 0.127. The van der Waals surface area contributed by atoms with E-state index in [4.69, 9.17) is 6.35 Å². The van der Waals surface area contributed by atoms with Crippen LogP contribution in [0.5, 0.6) is 0 Å². The minimum absolute atomic E-state index is 0. The van der Waals surface area contributed by atoms with Gasteiger partial charge in [0, 0.05) is 44.3 Å². The molecule has 5 heteroatoms. The first kappa shape index (κ1) is 34.8. The van der Waals surface area contributed by atoms with Crippen LogP contribution >= 0.6 is 11.3 Å². The van der Waals surface area contributed by atoms with Gasteiger partial charge in [-0.05, 0) is 63.0 Å². The first-order chi connectivity index (χ1) is 25.2. The molecule has 0 spiro atoms. The number of rotatable bonds is 5. The summed E-state index contributed by atoms with van der Waals surface area (Å²) < 4.78 is 11.5. The van der Waals surface area contributed by atoms with Crippen LogP contribution in [0.4, 0.5) is 0 Å². The van der Waals surface area contributed by atoms with Gasteiger partial charge in [0.15, 0.2) is 0 Å². The van der Waals surface area contributed by atoms with Crippen LogP contribution in [0.2, 0.25) is 19.6 Å². The van der Waals surface area contributed by atoms with Crippen LogP contribution in [0, 0.1) is 12.1 Å². The van der Waals surface area contributed by atoms with Crippen LogP contribution in [0.25, 0.3) is 64.6 Å². The molecule has 0 saturated heterocycles. The summed E-state index contributed by atoms with van der Waals surface area (Å²) in [7, 11) is -1.27. The third-order valence-electron chi connectivity index (χ3n) is 9.99. The van der Waals surface area contributed by atoms with Gasteiger partial charge in [-0.1, -0.05) is 140 Å². The number of benzene rings is 5. The maximum atomic E-state index is 9.04. The van der Waals surface area contributed by atoms with E-state index in [0.717, 1.165) is 59.1 Å². The van der Waals surface area contributed by atoms with Gasteiger partial charge in [0.1, 0.15) is 0 Å². The van der Waals surface area contributed by atoms with E-state index in [-0.39, 0.29) is 20.1 Å². The molecular formula is C47H42IrN2SSi-2. The topological polar surface area (TPSA) is 25.8 Å². The standard InChI is InChI=1S/C29H24NS.C18H18NSi.Ir/c1-3-8-20(9-4-1)22-14-15-24-25-12-7-13-26(29(25)31-28(24)19-22)27-18-23(16-17-30-27)21-10-5-2-6-11-21;1-20(2,3)17-10-11-18(19-13-17)16-9-8-14-6-4-5-7-15(14)12-16;/h1,3-4,7-9,12,14-19,21H,2,5-6,10-11H2;4-11,13H,1-3H3;/q2*-1;/i21D;;. The van der Waals surface area contributed by atoms with Crippen molar-refractivity contribution in [3.8, 4) is 33.6 Å². The maximum absolute atomic E-state index is 9.04. The summed E-state index contributed by atoms with van der Waals surface area (Å²) in [5.41, 5.74) is 7.61. The van der Waals surface area contributed by atoms with Crippen molar-refractivity contribution in [3.05, 3.63) is 151 Å². The summed E-state index contributed by atoms with van der Waals surface area (Å²) in [6, 6.07) is 49.4. The van der Waals surface area contributed by atoms with Gasteiger partial charge in [-0.15, -0.1) is 53.4 Å². The molecular weight excluding hydrogens is 845 g/mol. The summed E-state index contributed by atoms with van der Waals surface area (Å²) in [6.07, 6.45) is 9.32. The molecule has 9 rings (SSSR count). The summed E-state index contributed by atoms with van der Waals surface area (Å²) >= 11 is 1.81. The van der Waals surface area contributed by atoms with Crippen LogP contribution in [0.1, 0.15) is 44.9 Å². The normalized spacial score (nSPS) is 14.3. The fourth-order valence-corrected chi connectivity index (χ4v) is 9.34. The second-order valence-corrected chi connectivity index (χ2v) is 20.6. The maximum Gasteiger partial charge on any atom is 0.0795 e. The summed E-state index contributed by atoms with van der Waals surface area (Å²) in [5.74, 6) is -0.478. The van der Waals surface area contributed by atoms with Crippen molar-refractivity contribution >= 4 is 55.5 Å². The number of fused-ring (bicyclic) bond motifs is 4. The van der Waals surface area contributed by atoms with Gasteiger partial charge < -0.3 is 4.98 Å². The van der Waals surface area contributed by atoms with Crippen molar-refractivity contribution in [1.29, 1.82) is 0 Å². The molecule has 52 heavy (non-hydrogen) atoms. The molecule has 0 unspecified atom stereocenters. The molecule has 0 N–H and O–H groups in total. The number of aromatic nitrogens is 2. The van der Waals surface area contributed by atoms with Gasteiger partial charge >= 0.3 is 0 Å². The van der Waals surface area contributed by atoms with Gasteiger partial charge in [0.2, 0.25) is 0 Å². The molecule has 1 saturated carbocycles. The van der Waals surface area contributed by atoms with Gasteiger partial charge in [0.25, 0.3) is 0 Å². The molecule has 0 bridgehead atoms. The molecule has 0 atom stereocenters. The third-order valence-corrected chi connectivity index (χ3v) is 13.2. The molecule has 0 amide bonds. The zero-order chi connectivity index (χ0) is 35.7. The van der Waals surface area contributed by atoms with Crippen LogP contribution in [-0.2, 0) is 20.1 Å². The van der Waals surface area contributed by atoms with Crippen LogP contribution < -0.4 is 5.19 Å². The zero-order valence-corrected chi connectivity index (χ0v) is 34.1. The molecule has 8 aromatic rings. The van der Waals surface area contributed by atoms with E-state index in [1.807, 2.05) is 41.9 Å². The fourth-order valence-electron chi connectivity index (χ4n) is 7.06. The number of hydrogen-bond donors (Lipinski definition) is 0. The van der Waals surface area contributed by atoms with Gasteiger partial charge in [-0.2, -0.15) is 11.3 Å². The van der Waals surface area contributed by atoms with E-state index in [1.54, 1.807) is 0 Å². The summed E-state index contributed by atoms with van der Waals surface area (Å²) in [4.78, 5) is 9.34. The molecule has 261 valence electrons. The van der Waals surface area contributed by atoms with E-state index in [0.29, 0.717) is 0 Å². The van der Waals surface area contributed by atoms with E-state index < -0.39 is 14.0 Å². The van der Waals surface area contributed by atoms with Crippen molar-refractivity contribution in [2.75, 3.05) is 0 Å². The van der Waals surface area contributed by atoms with Crippen molar-refractivity contribution in [2.45, 2.75) is 57.6 Å². The first-order valence-electron chi connectivity index (χ1n) is 18.5. The van der Waals surface area contributed by atoms with Crippen molar-refractivity contribution < 1.29 is 21.5 Å². The number of hydrogen-bond acceptors (Lipinski definition) is 3. The first-order valence-corrected chi connectivity index (χ1v) is 22.3. The molecule has 3 aromatic heterocycles. The average molecular weight is 888 g/mol. The Balaban J connectivity index is 0.000000179. The van der Waals surface area contributed by atoms with Gasteiger partial charge in [-0.25, -0.2) is 0 Å². The second kappa shape index (κ2) is 15.8. The van der Waals surface area contributed by atoms with E-state index >= 15 is 0 Å². The summed E-state index contributed by atoms with van der Waals surface area (Å²) in [6.45, 7) is 7.02. The van der Waals surface area contributed by atoms with Crippen LogP contribution in [0.15, 0.2) is 134 Å². The Morgan fingerprint density at radius 2 is 1.54 bits per heavy atom. The Kier molecular flexibility index (Phi) is 10.6. The molecule has 2 nitrogen and oxygen atoms in total. The Bertz CT molecular complexity index is 2500. The van der Waals surface area contributed by atoms with Crippen molar-refractivity contribution in [2.24, 2.45) is 0 Å². The van der Waals surface area contributed by atoms with Crippen molar-refractivity contribution in [1.82, 2.24) is 9.97 Å². The van der Waals surface area contributed by atoms with Crippen LogP contribution in [-0.4, -0.2) is 18.0 Å². The minimum atomic E-state index is -1.27. The van der Waals surface area contributed by atoms with Crippen LogP contribution in [0.3, 0.4) is 0 Å². The largest absolute Gasteiger partial charge is 0.305 e. The SMILES string of the molecule is C[Si](C)(C)c1ccc(-c2[c-]c3ccccc3cc2)nc1.[2H]C1(c2ccnc(-c3[c-]ccc4c3sc3cc(-c5ccccc5)ccc34)c2)CCCCC1.[Ir]. The molecule has 1 fully saturated rings. The van der Waals surface area contributed by atoms with Gasteiger partial charge in [0.05, 0.1) is 8.07 Å². The zero-order valence-electron chi connectivity index (χ0n) is 30.9. The molecule has 1 radical (unpaired) electrons. The van der Waals surface area contributed by atoms with E-state index in [9.17, 15) is 0 Å². The van der Waals surface area contributed by atoms with Crippen molar-refractivity contribution in [3.63, 3.8) is 0 Å².